The van der Waals surface area contributed by atoms with Crippen LogP contribution in [-0.4, -0.2) is 23.5 Å². The highest BCUT2D eigenvalue weighted by atomic mass is 32.1. The third-order valence-electron chi connectivity index (χ3n) is 3.04. The molecule has 92 valence electrons. The van der Waals surface area contributed by atoms with Gasteiger partial charge in [-0.25, -0.2) is 0 Å². The number of carbonyl (C=O) groups excluding carboxylic acids is 1. The average molecular weight is 254 g/mol. The second-order valence-corrected chi connectivity index (χ2v) is 5.28. The van der Waals surface area contributed by atoms with Crippen LogP contribution in [0.3, 0.4) is 0 Å². The molecule has 2 rings (SSSR count). The van der Waals surface area contributed by atoms with Gasteiger partial charge in [-0.05, 0) is 24.3 Å². The first-order chi connectivity index (χ1) is 8.05. The van der Waals surface area contributed by atoms with Gasteiger partial charge in [-0.3, -0.25) is 9.59 Å². The van der Waals surface area contributed by atoms with Crippen LogP contribution in [0.1, 0.15) is 23.8 Å². The van der Waals surface area contributed by atoms with Gasteiger partial charge in [0.15, 0.2) is 0 Å². The van der Waals surface area contributed by atoms with Crippen molar-refractivity contribution in [3.05, 3.63) is 22.4 Å². The van der Waals surface area contributed by atoms with Crippen molar-refractivity contribution in [3.63, 3.8) is 0 Å². The first-order valence-electron chi connectivity index (χ1n) is 5.35. The molecule has 1 atom stereocenters. The minimum absolute atomic E-state index is 0.167. The minimum Gasteiger partial charge on any atom is -0.481 e. The molecular formula is C11H14N2O3S. The maximum atomic E-state index is 11.7. The lowest BCUT2D eigenvalue weighted by atomic mass is 10.1. The number of rotatable bonds is 5. The van der Waals surface area contributed by atoms with E-state index in [-0.39, 0.29) is 12.5 Å². The highest BCUT2D eigenvalue weighted by Crippen LogP contribution is 2.45. The van der Waals surface area contributed by atoms with E-state index >= 15 is 0 Å². The zero-order chi connectivity index (χ0) is 12.5. The summed E-state index contributed by atoms with van der Waals surface area (Å²) in [7, 11) is 0. The van der Waals surface area contributed by atoms with Crippen LogP contribution in [0.25, 0.3) is 0 Å². The Kier molecular flexibility index (Phi) is 3.17. The van der Waals surface area contributed by atoms with Gasteiger partial charge >= 0.3 is 5.97 Å². The van der Waals surface area contributed by atoms with Gasteiger partial charge in [0.1, 0.15) is 6.04 Å². The standard InChI is InChI=1S/C11H14N2O3S/c12-8(7-2-1-5-17-7)9(14)13-6-11(3-4-11)10(15)16/h1-2,5,8H,3-4,6,12H2,(H,13,14)(H,15,16). The molecule has 1 aliphatic carbocycles. The Morgan fingerprint density at radius 2 is 2.29 bits per heavy atom. The molecule has 1 amide bonds. The highest BCUT2D eigenvalue weighted by Gasteiger charge is 2.50. The van der Waals surface area contributed by atoms with E-state index in [2.05, 4.69) is 5.32 Å². The Bertz CT molecular complexity index is 426. The van der Waals surface area contributed by atoms with Gasteiger partial charge in [0, 0.05) is 11.4 Å². The molecule has 0 aromatic carbocycles. The lowest BCUT2D eigenvalue weighted by Gasteiger charge is -2.14. The second kappa shape index (κ2) is 4.46. The summed E-state index contributed by atoms with van der Waals surface area (Å²) >= 11 is 1.41. The van der Waals surface area contributed by atoms with Crippen LogP contribution < -0.4 is 11.1 Å². The van der Waals surface area contributed by atoms with E-state index < -0.39 is 17.4 Å². The number of thiophene rings is 1. The first kappa shape index (κ1) is 12.1. The van der Waals surface area contributed by atoms with Crippen LogP contribution in [0.4, 0.5) is 0 Å². The Labute approximate surface area is 103 Å². The number of hydrogen-bond donors (Lipinski definition) is 3. The molecule has 0 saturated heterocycles. The van der Waals surface area contributed by atoms with Gasteiger partial charge in [-0.15, -0.1) is 11.3 Å². The fraction of sp³-hybridized carbons (Fsp3) is 0.455. The van der Waals surface area contributed by atoms with E-state index in [1.807, 2.05) is 11.4 Å². The fourth-order valence-electron chi connectivity index (χ4n) is 1.58. The summed E-state index contributed by atoms with van der Waals surface area (Å²) in [6.45, 7) is 0.167. The molecule has 4 N–H and O–H groups in total. The van der Waals surface area contributed by atoms with Crippen LogP contribution in [-0.2, 0) is 9.59 Å². The SMILES string of the molecule is NC(C(=O)NCC1(C(=O)O)CC1)c1cccs1. The number of nitrogens with two attached hydrogens (primary N) is 1. The lowest BCUT2D eigenvalue weighted by Crippen LogP contribution is -2.39. The number of carboxylic acids is 1. The van der Waals surface area contributed by atoms with E-state index in [9.17, 15) is 9.59 Å². The molecule has 1 heterocycles. The quantitative estimate of drug-likeness (QED) is 0.722. The molecule has 6 heteroatoms. The Hall–Kier alpha value is -1.40. The second-order valence-electron chi connectivity index (χ2n) is 4.30. The Morgan fingerprint density at radius 1 is 1.59 bits per heavy atom. The van der Waals surface area contributed by atoms with Gasteiger partial charge in [0.25, 0.3) is 0 Å². The fourth-order valence-corrected chi connectivity index (χ4v) is 2.31. The molecule has 1 saturated carbocycles. The van der Waals surface area contributed by atoms with Crippen molar-refractivity contribution in [1.82, 2.24) is 5.32 Å². The molecule has 0 radical (unpaired) electrons. The monoisotopic (exact) mass is 254 g/mol. The molecule has 17 heavy (non-hydrogen) atoms. The largest absolute Gasteiger partial charge is 0.481 e. The van der Waals surface area contributed by atoms with Gasteiger partial charge in [-0.1, -0.05) is 6.07 Å². The molecule has 1 aliphatic rings. The number of aliphatic carboxylic acids is 1. The summed E-state index contributed by atoms with van der Waals surface area (Å²) in [5.41, 5.74) is 5.01. The molecule has 5 nitrogen and oxygen atoms in total. The molecule has 0 bridgehead atoms. The van der Waals surface area contributed by atoms with Crippen LogP contribution in [0.5, 0.6) is 0 Å². The van der Waals surface area contributed by atoms with Crippen molar-refractivity contribution >= 4 is 23.2 Å². The van der Waals surface area contributed by atoms with E-state index in [0.717, 1.165) is 4.88 Å². The van der Waals surface area contributed by atoms with Gasteiger partial charge in [0.05, 0.1) is 5.41 Å². The number of carboxylic acid groups (broad SMARTS) is 1. The minimum atomic E-state index is -0.845. The zero-order valence-corrected chi connectivity index (χ0v) is 10.00. The molecule has 0 spiro atoms. The lowest BCUT2D eigenvalue weighted by molar-refractivity contribution is -0.143. The van der Waals surface area contributed by atoms with Crippen molar-refractivity contribution in [2.24, 2.45) is 11.1 Å². The predicted molar refractivity (Wildman–Crippen MR) is 63.6 cm³/mol. The topological polar surface area (TPSA) is 92.4 Å². The normalized spacial score (nSPS) is 18.4. The molecular weight excluding hydrogens is 240 g/mol. The van der Waals surface area contributed by atoms with Gasteiger partial charge < -0.3 is 16.2 Å². The zero-order valence-electron chi connectivity index (χ0n) is 9.18. The van der Waals surface area contributed by atoms with Crippen LogP contribution >= 0.6 is 11.3 Å². The molecule has 1 aromatic heterocycles. The van der Waals surface area contributed by atoms with E-state index in [0.29, 0.717) is 12.8 Å². The molecule has 1 fully saturated rings. The first-order valence-corrected chi connectivity index (χ1v) is 6.23. The van der Waals surface area contributed by atoms with E-state index in [4.69, 9.17) is 10.8 Å². The third-order valence-corrected chi connectivity index (χ3v) is 4.00. The Balaban J connectivity index is 1.88. The van der Waals surface area contributed by atoms with Crippen molar-refractivity contribution in [2.75, 3.05) is 6.54 Å². The highest BCUT2D eigenvalue weighted by molar-refractivity contribution is 7.10. The van der Waals surface area contributed by atoms with E-state index in [1.165, 1.54) is 11.3 Å². The van der Waals surface area contributed by atoms with Crippen LogP contribution in [0, 0.1) is 5.41 Å². The van der Waals surface area contributed by atoms with Crippen molar-refractivity contribution in [3.8, 4) is 0 Å². The summed E-state index contributed by atoms with van der Waals surface area (Å²) in [6, 6.07) is 2.91. The summed E-state index contributed by atoms with van der Waals surface area (Å²) in [4.78, 5) is 23.4. The predicted octanol–water partition coefficient (Wildman–Crippen LogP) is 0.729. The van der Waals surface area contributed by atoms with Gasteiger partial charge in [0.2, 0.25) is 5.91 Å². The smallest absolute Gasteiger partial charge is 0.311 e. The summed E-state index contributed by atoms with van der Waals surface area (Å²) < 4.78 is 0. The van der Waals surface area contributed by atoms with E-state index in [1.54, 1.807) is 6.07 Å². The van der Waals surface area contributed by atoms with Crippen molar-refractivity contribution in [1.29, 1.82) is 0 Å². The van der Waals surface area contributed by atoms with Gasteiger partial charge in [-0.2, -0.15) is 0 Å². The molecule has 0 aliphatic heterocycles. The van der Waals surface area contributed by atoms with Crippen LogP contribution in [0.2, 0.25) is 0 Å². The Morgan fingerprint density at radius 3 is 2.76 bits per heavy atom. The maximum absolute atomic E-state index is 11.7. The third kappa shape index (κ3) is 2.48. The summed E-state index contributed by atoms with van der Waals surface area (Å²) in [6.07, 6.45) is 1.24. The number of nitrogens with one attached hydrogen (secondary N) is 1. The summed E-state index contributed by atoms with van der Waals surface area (Å²) in [5.74, 6) is -1.16. The van der Waals surface area contributed by atoms with Crippen molar-refractivity contribution < 1.29 is 14.7 Å². The number of carbonyl (C=O) groups is 2. The van der Waals surface area contributed by atoms with Crippen LogP contribution in [0.15, 0.2) is 17.5 Å². The number of hydrogen-bond acceptors (Lipinski definition) is 4. The molecule has 1 aromatic rings. The van der Waals surface area contributed by atoms with Crippen molar-refractivity contribution in [2.45, 2.75) is 18.9 Å². The maximum Gasteiger partial charge on any atom is 0.311 e. The number of amides is 1. The average Bonchev–Trinajstić information content (AvgIpc) is 2.91. The molecule has 1 unspecified atom stereocenters. The summed E-state index contributed by atoms with van der Waals surface area (Å²) in [5, 5.41) is 13.4.